The molecule has 0 aliphatic rings. The van der Waals surface area contributed by atoms with E-state index in [1.54, 1.807) is 7.11 Å². The molecule has 1 rings (SSSR count). The number of carbonyl (C=O) groups excluding carboxylic acids is 1. The van der Waals surface area contributed by atoms with Crippen LogP contribution in [0.4, 0.5) is 0 Å². The summed E-state index contributed by atoms with van der Waals surface area (Å²) in [6.45, 7) is 3.93. The lowest BCUT2D eigenvalue weighted by Gasteiger charge is -2.24. The maximum Gasteiger partial charge on any atom is 0.306 e. The molecule has 0 amide bonds. The SMILES string of the molecule is CCCCC(=O)O[C@@H](C)[C@@H](OC)c1ccccc1I. The van der Waals surface area contributed by atoms with Gasteiger partial charge >= 0.3 is 5.97 Å². The highest BCUT2D eigenvalue weighted by Gasteiger charge is 2.23. The van der Waals surface area contributed by atoms with E-state index in [0.717, 1.165) is 22.0 Å². The Morgan fingerprint density at radius 3 is 2.63 bits per heavy atom. The minimum absolute atomic E-state index is 0.151. The number of benzene rings is 1. The normalized spacial score (nSPS) is 13.9. The Bertz CT molecular complexity index is 406. The fraction of sp³-hybridized carbons (Fsp3) is 0.533. The van der Waals surface area contributed by atoms with Crippen LogP contribution in [-0.4, -0.2) is 19.2 Å². The molecule has 0 saturated heterocycles. The number of hydrogen-bond acceptors (Lipinski definition) is 3. The van der Waals surface area contributed by atoms with Crippen LogP contribution in [0.3, 0.4) is 0 Å². The summed E-state index contributed by atoms with van der Waals surface area (Å²) >= 11 is 2.27. The zero-order valence-corrected chi connectivity index (χ0v) is 13.8. The Balaban J connectivity index is 2.69. The number of rotatable bonds is 7. The molecule has 0 saturated carbocycles. The zero-order valence-electron chi connectivity index (χ0n) is 11.7. The summed E-state index contributed by atoms with van der Waals surface area (Å²) in [5, 5.41) is 0. The smallest absolute Gasteiger partial charge is 0.306 e. The van der Waals surface area contributed by atoms with E-state index in [0.29, 0.717) is 6.42 Å². The Labute approximate surface area is 128 Å². The van der Waals surface area contributed by atoms with E-state index in [4.69, 9.17) is 9.47 Å². The van der Waals surface area contributed by atoms with Crippen molar-refractivity contribution in [3.05, 3.63) is 33.4 Å². The predicted octanol–water partition coefficient (Wildman–Crippen LogP) is 4.10. The van der Waals surface area contributed by atoms with Crippen LogP contribution in [0.2, 0.25) is 0 Å². The number of halogens is 1. The molecule has 0 aromatic heterocycles. The number of hydrogen-bond donors (Lipinski definition) is 0. The van der Waals surface area contributed by atoms with Gasteiger partial charge in [0, 0.05) is 17.1 Å². The molecule has 0 heterocycles. The van der Waals surface area contributed by atoms with E-state index in [1.807, 2.05) is 31.2 Å². The van der Waals surface area contributed by atoms with Gasteiger partial charge in [-0.15, -0.1) is 0 Å². The second kappa shape index (κ2) is 8.53. The molecule has 0 radical (unpaired) electrons. The first-order chi connectivity index (χ1) is 9.10. The molecule has 0 aliphatic carbocycles. The first-order valence-electron chi connectivity index (χ1n) is 6.56. The summed E-state index contributed by atoms with van der Waals surface area (Å²) in [7, 11) is 1.64. The minimum atomic E-state index is -0.287. The third-order valence-electron chi connectivity index (χ3n) is 2.94. The van der Waals surface area contributed by atoms with E-state index < -0.39 is 0 Å². The van der Waals surface area contributed by atoms with Crippen molar-refractivity contribution < 1.29 is 14.3 Å². The highest BCUT2D eigenvalue weighted by molar-refractivity contribution is 14.1. The Kier molecular flexibility index (Phi) is 7.38. The van der Waals surface area contributed by atoms with Gasteiger partial charge in [-0.05, 0) is 47.6 Å². The molecule has 1 aromatic rings. The summed E-state index contributed by atoms with van der Waals surface area (Å²) in [6.07, 6.45) is 1.83. The summed E-state index contributed by atoms with van der Waals surface area (Å²) < 4.78 is 12.1. The fourth-order valence-electron chi connectivity index (χ4n) is 1.93. The topological polar surface area (TPSA) is 35.5 Å². The molecule has 0 bridgehead atoms. The molecule has 106 valence electrons. The van der Waals surface area contributed by atoms with Gasteiger partial charge in [0.1, 0.15) is 12.2 Å². The summed E-state index contributed by atoms with van der Waals surface area (Å²) in [5.74, 6) is -0.151. The van der Waals surface area contributed by atoms with E-state index in [-0.39, 0.29) is 18.2 Å². The quantitative estimate of drug-likeness (QED) is 0.531. The van der Waals surface area contributed by atoms with Crippen LogP contribution in [0.1, 0.15) is 44.8 Å². The van der Waals surface area contributed by atoms with Gasteiger partial charge in [0.15, 0.2) is 0 Å². The molecule has 3 nitrogen and oxygen atoms in total. The molecule has 2 atom stereocenters. The van der Waals surface area contributed by atoms with Crippen LogP contribution in [0.25, 0.3) is 0 Å². The monoisotopic (exact) mass is 376 g/mol. The third-order valence-corrected chi connectivity index (χ3v) is 3.93. The van der Waals surface area contributed by atoms with Crippen LogP contribution in [0.5, 0.6) is 0 Å². The molecule has 0 fully saturated rings. The summed E-state index contributed by atoms with van der Waals surface area (Å²) in [6, 6.07) is 7.98. The van der Waals surface area contributed by atoms with Gasteiger partial charge in [-0.25, -0.2) is 0 Å². The largest absolute Gasteiger partial charge is 0.460 e. The molecule has 0 aliphatic heterocycles. The van der Waals surface area contributed by atoms with Crippen molar-refractivity contribution in [2.45, 2.75) is 45.3 Å². The van der Waals surface area contributed by atoms with Crippen molar-refractivity contribution in [1.29, 1.82) is 0 Å². The Hall–Kier alpha value is -0.620. The van der Waals surface area contributed by atoms with Crippen LogP contribution in [-0.2, 0) is 14.3 Å². The van der Waals surface area contributed by atoms with Gasteiger partial charge in [-0.2, -0.15) is 0 Å². The second-order valence-corrected chi connectivity index (χ2v) is 5.64. The van der Waals surface area contributed by atoms with Crippen LogP contribution in [0.15, 0.2) is 24.3 Å². The lowest BCUT2D eigenvalue weighted by molar-refractivity contribution is -0.155. The average Bonchev–Trinajstić information content (AvgIpc) is 2.39. The van der Waals surface area contributed by atoms with Gasteiger partial charge in [-0.3, -0.25) is 4.79 Å². The van der Waals surface area contributed by atoms with Crippen molar-refractivity contribution in [3.63, 3.8) is 0 Å². The number of ether oxygens (including phenoxy) is 2. The van der Waals surface area contributed by atoms with E-state index in [2.05, 4.69) is 29.5 Å². The van der Waals surface area contributed by atoms with Crippen molar-refractivity contribution in [3.8, 4) is 0 Å². The third kappa shape index (κ3) is 5.10. The molecule has 0 spiro atoms. The fourth-order valence-corrected chi connectivity index (χ4v) is 2.62. The van der Waals surface area contributed by atoms with Gasteiger partial charge in [-0.1, -0.05) is 31.5 Å². The lowest BCUT2D eigenvalue weighted by atomic mass is 10.1. The van der Waals surface area contributed by atoms with Crippen molar-refractivity contribution >= 4 is 28.6 Å². The number of methoxy groups -OCH3 is 1. The Morgan fingerprint density at radius 2 is 2.05 bits per heavy atom. The predicted molar refractivity (Wildman–Crippen MR) is 84.0 cm³/mol. The van der Waals surface area contributed by atoms with E-state index in [9.17, 15) is 4.79 Å². The van der Waals surface area contributed by atoms with Crippen LogP contribution >= 0.6 is 22.6 Å². The highest BCUT2D eigenvalue weighted by Crippen LogP contribution is 2.27. The molecule has 4 heteroatoms. The van der Waals surface area contributed by atoms with Gasteiger partial charge < -0.3 is 9.47 Å². The molecule has 1 aromatic carbocycles. The number of carbonyl (C=O) groups is 1. The van der Waals surface area contributed by atoms with E-state index in [1.165, 1.54) is 0 Å². The summed E-state index contributed by atoms with van der Waals surface area (Å²) in [5.41, 5.74) is 1.06. The highest BCUT2D eigenvalue weighted by atomic mass is 127. The number of esters is 1. The van der Waals surface area contributed by atoms with Crippen molar-refractivity contribution in [2.24, 2.45) is 0 Å². The first-order valence-corrected chi connectivity index (χ1v) is 7.64. The molecule has 19 heavy (non-hydrogen) atoms. The zero-order chi connectivity index (χ0) is 14.3. The van der Waals surface area contributed by atoms with Crippen LogP contribution < -0.4 is 0 Å². The van der Waals surface area contributed by atoms with Crippen LogP contribution in [0, 0.1) is 3.57 Å². The minimum Gasteiger partial charge on any atom is -0.460 e. The Morgan fingerprint density at radius 1 is 1.37 bits per heavy atom. The molecule has 0 unspecified atom stereocenters. The maximum atomic E-state index is 11.7. The second-order valence-electron chi connectivity index (χ2n) is 4.48. The van der Waals surface area contributed by atoms with Gasteiger partial charge in [0.2, 0.25) is 0 Å². The molecular formula is C15H21IO3. The van der Waals surface area contributed by atoms with Crippen molar-refractivity contribution in [2.75, 3.05) is 7.11 Å². The summed E-state index contributed by atoms with van der Waals surface area (Å²) in [4.78, 5) is 11.7. The molecular weight excluding hydrogens is 355 g/mol. The van der Waals surface area contributed by atoms with Crippen molar-refractivity contribution in [1.82, 2.24) is 0 Å². The van der Waals surface area contributed by atoms with Gasteiger partial charge in [0.05, 0.1) is 0 Å². The van der Waals surface area contributed by atoms with Gasteiger partial charge in [0.25, 0.3) is 0 Å². The lowest BCUT2D eigenvalue weighted by Crippen LogP contribution is -2.24. The average molecular weight is 376 g/mol. The number of unbranched alkanes of at least 4 members (excludes halogenated alkanes) is 1. The standard InChI is InChI=1S/C15H21IO3/c1-4-5-10-14(17)19-11(2)15(18-3)12-8-6-7-9-13(12)16/h6-9,11,15H,4-5,10H2,1-3H3/t11-,15+/m0/s1. The first kappa shape index (κ1) is 16.4. The maximum absolute atomic E-state index is 11.7. The van der Waals surface area contributed by atoms with E-state index >= 15 is 0 Å². The molecule has 0 N–H and O–H groups in total.